The third-order valence-corrected chi connectivity index (χ3v) is 4.32. The van der Waals surface area contributed by atoms with Gasteiger partial charge in [-0.25, -0.2) is 0 Å². The molecule has 0 aliphatic carbocycles. The molecule has 0 unspecified atom stereocenters. The minimum absolute atomic E-state index is 0.0535. The number of anilines is 2. The van der Waals surface area contributed by atoms with Crippen molar-refractivity contribution >= 4 is 55.7 Å². The maximum atomic E-state index is 13.2. The van der Waals surface area contributed by atoms with Crippen molar-refractivity contribution in [2.24, 2.45) is 0 Å². The highest BCUT2D eigenvalue weighted by Crippen LogP contribution is 2.37. The van der Waals surface area contributed by atoms with Gasteiger partial charge in [0.25, 0.3) is 0 Å². The van der Waals surface area contributed by atoms with Crippen LogP contribution >= 0.6 is 28.1 Å². The Hall–Kier alpha value is -2.54. The SMILES string of the molecule is FC(F)(F)COc1cccc2onc(NC(=S)Nc3ccc(Br)cc3C(F)(F)F)c12. The number of thiocarbonyl (C=S) groups is 1. The van der Waals surface area contributed by atoms with Crippen LogP contribution in [-0.2, 0) is 6.18 Å². The summed E-state index contributed by atoms with van der Waals surface area (Å²) in [5.74, 6) is -0.304. The second kappa shape index (κ2) is 8.30. The van der Waals surface area contributed by atoms with E-state index in [1.165, 1.54) is 30.3 Å². The first-order valence-electron chi connectivity index (χ1n) is 7.97. The minimum atomic E-state index is -4.65. The molecule has 2 N–H and O–H groups in total. The molecule has 0 atom stereocenters. The van der Waals surface area contributed by atoms with Crippen LogP contribution in [0.3, 0.4) is 0 Å². The maximum Gasteiger partial charge on any atom is 0.422 e. The number of hydrogen-bond acceptors (Lipinski definition) is 4. The van der Waals surface area contributed by atoms with E-state index >= 15 is 0 Å². The van der Waals surface area contributed by atoms with Crippen molar-refractivity contribution in [3.8, 4) is 5.75 Å². The van der Waals surface area contributed by atoms with Gasteiger partial charge in [0.1, 0.15) is 11.1 Å². The van der Waals surface area contributed by atoms with Gasteiger partial charge in [-0.15, -0.1) is 0 Å². The molecule has 1 aromatic heterocycles. The van der Waals surface area contributed by atoms with Crippen molar-refractivity contribution in [1.29, 1.82) is 0 Å². The summed E-state index contributed by atoms with van der Waals surface area (Å²) in [5, 5.41) is 8.35. The number of hydrogen-bond donors (Lipinski definition) is 2. The van der Waals surface area contributed by atoms with Crippen LogP contribution in [-0.4, -0.2) is 23.1 Å². The van der Waals surface area contributed by atoms with Gasteiger partial charge in [-0.1, -0.05) is 27.2 Å². The van der Waals surface area contributed by atoms with Crippen LogP contribution in [0.15, 0.2) is 45.4 Å². The van der Waals surface area contributed by atoms with Gasteiger partial charge in [-0.3, -0.25) is 0 Å². The van der Waals surface area contributed by atoms with Crippen LogP contribution in [0.1, 0.15) is 5.56 Å². The molecule has 0 saturated heterocycles. The van der Waals surface area contributed by atoms with Crippen LogP contribution < -0.4 is 15.4 Å². The van der Waals surface area contributed by atoms with E-state index in [4.69, 9.17) is 21.5 Å². The molecule has 0 aliphatic heterocycles. The average Bonchev–Trinajstić information content (AvgIpc) is 3.03. The minimum Gasteiger partial charge on any atom is -0.483 e. The lowest BCUT2D eigenvalue weighted by Crippen LogP contribution is -2.22. The van der Waals surface area contributed by atoms with Gasteiger partial charge in [0.15, 0.2) is 23.1 Å². The van der Waals surface area contributed by atoms with Crippen LogP contribution in [0, 0.1) is 0 Å². The molecule has 30 heavy (non-hydrogen) atoms. The topological polar surface area (TPSA) is 59.3 Å². The van der Waals surface area contributed by atoms with Gasteiger partial charge in [-0.05, 0) is 42.5 Å². The van der Waals surface area contributed by atoms with Crippen LogP contribution in [0.25, 0.3) is 11.0 Å². The fourth-order valence-corrected chi connectivity index (χ4v) is 3.01. The highest BCUT2D eigenvalue weighted by atomic mass is 79.9. The summed E-state index contributed by atoms with van der Waals surface area (Å²) in [5.41, 5.74) is -1.20. The summed E-state index contributed by atoms with van der Waals surface area (Å²) in [4.78, 5) is 0. The fraction of sp³-hybridized carbons (Fsp3) is 0.176. The van der Waals surface area contributed by atoms with E-state index in [1.54, 1.807) is 0 Å². The van der Waals surface area contributed by atoms with Crippen molar-refractivity contribution in [1.82, 2.24) is 5.16 Å². The fourth-order valence-electron chi connectivity index (χ4n) is 2.45. The van der Waals surface area contributed by atoms with E-state index in [2.05, 4.69) is 31.7 Å². The molecule has 5 nitrogen and oxygen atoms in total. The lowest BCUT2D eigenvalue weighted by atomic mass is 10.1. The Labute approximate surface area is 178 Å². The normalized spacial score (nSPS) is 12.1. The Morgan fingerprint density at radius 3 is 2.50 bits per heavy atom. The van der Waals surface area contributed by atoms with E-state index in [1.807, 2.05) is 0 Å². The van der Waals surface area contributed by atoms with E-state index in [9.17, 15) is 26.3 Å². The second-order valence-electron chi connectivity index (χ2n) is 5.83. The average molecular weight is 514 g/mol. The molecular weight excluding hydrogens is 504 g/mol. The quantitative estimate of drug-likeness (QED) is 0.312. The zero-order valence-corrected chi connectivity index (χ0v) is 16.9. The number of aromatic nitrogens is 1. The molecule has 3 rings (SSSR count). The van der Waals surface area contributed by atoms with E-state index in [-0.39, 0.29) is 37.8 Å². The molecule has 0 fully saturated rings. The Kier molecular flexibility index (Phi) is 6.13. The van der Waals surface area contributed by atoms with Crippen LogP contribution in [0.4, 0.5) is 37.8 Å². The highest BCUT2D eigenvalue weighted by molar-refractivity contribution is 9.10. The Morgan fingerprint density at radius 1 is 1.10 bits per heavy atom. The van der Waals surface area contributed by atoms with Gasteiger partial charge >= 0.3 is 12.4 Å². The Balaban J connectivity index is 1.85. The molecular formula is C17H10BrF6N3O2S. The Morgan fingerprint density at radius 2 is 1.83 bits per heavy atom. The largest absolute Gasteiger partial charge is 0.483 e. The molecule has 0 saturated carbocycles. The third-order valence-electron chi connectivity index (χ3n) is 3.62. The zero-order chi connectivity index (χ0) is 22.1. The van der Waals surface area contributed by atoms with Gasteiger partial charge in [0.2, 0.25) is 0 Å². The maximum absolute atomic E-state index is 13.2. The van der Waals surface area contributed by atoms with Gasteiger partial charge in [0.05, 0.1) is 11.3 Å². The lowest BCUT2D eigenvalue weighted by Gasteiger charge is -2.16. The predicted octanol–water partition coefficient (Wildman–Crippen LogP) is 6.36. The van der Waals surface area contributed by atoms with Crippen LogP contribution in [0.2, 0.25) is 0 Å². The molecule has 0 aliphatic rings. The van der Waals surface area contributed by atoms with Crippen molar-refractivity contribution in [3.05, 3.63) is 46.4 Å². The number of alkyl halides is 6. The number of ether oxygens (including phenoxy) is 1. The van der Waals surface area contributed by atoms with Crippen molar-refractivity contribution in [3.63, 3.8) is 0 Å². The molecule has 13 heteroatoms. The summed E-state index contributed by atoms with van der Waals surface area (Å²) in [6.45, 7) is -1.55. The summed E-state index contributed by atoms with van der Waals surface area (Å²) in [6.07, 6.45) is -9.22. The number of benzene rings is 2. The molecule has 0 amide bonds. The number of fused-ring (bicyclic) bond motifs is 1. The first-order valence-corrected chi connectivity index (χ1v) is 9.17. The molecule has 160 valence electrons. The summed E-state index contributed by atoms with van der Waals surface area (Å²) in [6, 6.07) is 7.52. The van der Waals surface area contributed by atoms with E-state index < -0.39 is 24.5 Å². The molecule has 2 aromatic carbocycles. The number of nitrogens with one attached hydrogen (secondary N) is 2. The molecule has 3 aromatic rings. The van der Waals surface area contributed by atoms with E-state index in [0.717, 1.165) is 6.07 Å². The first kappa shape index (κ1) is 22.2. The summed E-state index contributed by atoms with van der Waals surface area (Å²) < 4.78 is 87.2. The van der Waals surface area contributed by atoms with Gasteiger partial charge < -0.3 is 19.9 Å². The molecule has 0 radical (unpaired) electrons. The number of halogens is 7. The lowest BCUT2D eigenvalue weighted by molar-refractivity contribution is -0.153. The predicted molar refractivity (Wildman–Crippen MR) is 105 cm³/mol. The molecule has 0 spiro atoms. The standard InChI is InChI=1S/C17H10BrF6N3O2S/c18-8-4-5-10(9(6-8)17(22,23)24)25-15(30)26-14-13-11(28-7-16(19,20)21)2-1-3-12(13)29-27-14/h1-6H,7H2,(H2,25,26,27,30). The smallest absolute Gasteiger partial charge is 0.422 e. The highest BCUT2D eigenvalue weighted by Gasteiger charge is 2.34. The molecule has 1 heterocycles. The van der Waals surface area contributed by atoms with Crippen molar-refractivity contribution < 1.29 is 35.6 Å². The molecule has 0 bridgehead atoms. The summed E-state index contributed by atoms with van der Waals surface area (Å²) in [7, 11) is 0. The van der Waals surface area contributed by atoms with Crippen molar-refractivity contribution in [2.75, 3.05) is 17.2 Å². The zero-order valence-electron chi connectivity index (χ0n) is 14.5. The third kappa shape index (κ3) is 5.33. The van der Waals surface area contributed by atoms with Gasteiger partial charge in [0, 0.05) is 4.47 Å². The monoisotopic (exact) mass is 513 g/mol. The van der Waals surface area contributed by atoms with Crippen molar-refractivity contribution in [2.45, 2.75) is 12.4 Å². The van der Waals surface area contributed by atoms with E-state index in [0.29, 0.717) is 0 Å². The Bertz CT molecular complexity index is 1080. The van der Waals surface area contributed by atoms with Gasteiger partial charge in [-0.2, -0.15) is 26.3 Å². The summed E-state index contributed by atoms with van der Waals surface area (Å²) >= 11 is 8.00. The number of nitrogens with zero attached hydrogens (tertiary/aromatic N) is 1. The van der Waals surface area contributed by atoms with Crippen LogP contribution in [0.5, 0.6) is 5.75 Å². The second-order valence-corrected chi connectivity index (χ2v) is 7.16. The first-order chi connectivity index (χ1) is 13.9. The number of rotatable bonds is 4.